The van der Waals surface area contributed by atoms with Crippen molar-refractivity contribution in [3.8, 4) is 0 Å². The molecule has 0 amide bonds. The molecule has 1 aromatic carbocycles. The number of aryl methyl sites for hydroxylation is 3. The summed E-state index contributed by atoms with van der Waals surface area (Å²) in [6.45, 7) is 13.8. The Balaban J connectivity index is 2.11. The summed E-state index contributed by atoms with van der Waals surface area (Å²) in [6.07, 6.45) is 5.25. The Labute approximate surface area is 131 Å². The van der Waals surface area contributed by atoms with Crippen LogP contribution in [0.1, 0.15) is 74.8 Å². The van der Waals surface area contributed by atoms with Crippen molar-refractivity contribution < 1.29 is 0 Å². The van der Waals surface area contributed by atoms with E-state index >= 15 is 0 Å². The van der Waals surface area contributed by atoms with Gasteiger partial charge in [-0.3, -0.25) is 0 Å². The van der Waals surface area contributed by atoms with Gasteiger partial charge in [-0.05, 0) is 80.4 Å². The van der Waals surface area contributed by atoms with Gasteiger partial charge in [0.2, 0.25) is 0 Å². The van der Waals surface area contributed by atoms with Crippen molar-refractivity contribution in [1.82, 2.24) is 0 Å². The third-order valence-electron chi connectivity index (χ3n) is 5.58. The second kappa shape index (κ2) is 6.12. The van der Waals surface area contributed by atoms with Crippen molar-refractivity contribution in [2.45, 2.75) is 73.3 Å². The van der Waals surface area contributed by atoms with E-state index in [0.29, 0.717) is 11.3 Å². The summed E-state index contributed by atoms with van der Waals surface area (Å²) < 4.78 is 0. The van der Waals surface area contributed by atoms with E-state index in [9.17, 15) is 0 Å². The molecule has 0 aliphatic heterocycles. The van der Waals surface area contributed by atoms with E-state index in [4.69, 9.17) is 5.73 Å². The summed E-state index contributed by atoms with van der Waals surface area (Å²) in [5.74, 6) is 1.52. The normalized spacial score (nSPS) is 24.9. The molecule has 1 aliphatic carbocycles. The van der Waals surface area contributed by atoms with Crippen LogP contribution in [0, 0.1) is 38.0 Å². The Kier molecular flexibility index (Phi) is 4.82. The van der Waals surface area contributed by atoms with Crippen molar-refractivity contribution in [3.63, 3.8) is 0 Å². The van der Waals surface area contributed by atoms with E-state index in [-0.39, 0.29) is 6.04 Å². The van der Waals surface area contributed by atoms with Gasteiger partial charge in [0.1, 0.15) is 0 Å². The summed E-state index contributed by atoms with van der Waals surface area (Å²) in [5, 5.41) is 0. The van der Waals surface area contributed by atoms with Gasteiger partial charge in [-0.2, -0.15) is 0 Å². The van der Waals surface area contributed by atoms with Crippen LogP contribution in [-0.2, 0) is 0 Å². The van der Waals surface area contributed by atoms with Crippen LogP contribution in [0.5, 0.6) is 0 Å². The number of hydrogen-bond donors (Lipinski definition) is 1. The lowest BCUT2D eigenvalue weighted by molar-refractivity contribution is 0.139. The van der Waals surface area contributed by atoms with Crippen LogP contribution in [0.25, 0.3) is 0 Å². The predicted molar refractivity (Wildman–Crippen MR) is 92.5 cm³/mol. The van der Waals surface area contributed by atoms with Crippen LogP contribution >= 0.6 is 0 Å². The molecule has 1 fully saturated rings. The zero-order chi connectivity index (χ0) is 15.8. The first-order valence-electron chi connectivity index (χ1n) is 8.53. The van der Waals surface area contributed by atoms with Crippen molar-refractivity contribution in [3.05, 3.63) is 34.4 Å². The fourth-order valence-corrected chi connectivity index (χ4v) is 4.30. The number of hydrogen-bond acceptors (Lipinski definition) is 1. The topological polar surface area (TPSA) is 26.0 Å². The maximum absolute atomic E-state index is 6.68. The summed E-state index contributed by atoms with van der Waals surface area (Å²) in [5.41, 5.74) is 12.6. The van der Waals surface area contributed by atoms with E-state index in [0.717, 1.165) is 5.92 Å². The fraction of sp³-hybridized carbons (Fsp3) is 0.700. The van der Waals surface area contributed by atoms with Crippen molar-refractivity contribution in [1.29, 1.82) is 0 Å². The minimum Gasteiger partial charge on any atom is -0.324 e. The number of rotatable bonds is 2. The van der Waals surface area contributed by atoms with Gasteiger partial charge in [0.25, 0.3) is 0 Å². The molecule has 1 unspecified atom stereocenters. The molecule has 0 saturated heterocycles. The summed E-state index contributed by atoms with van der Waals surface area (Å²) >= 11 is 0. The highest BCUT2D eigenvalue weighted by atomic mass is 14.7. The van der Waals surface area contributed by atoms with Gasteiger partial charge in [0, 0.05) is 6.04 Å². The van der Waals surface area contributed by atoms with Gasteiger partial charge in [0.05, 0.1) is 0 Å². The quantitative estimate of drug-likeness (QED) is 0.767. The largest absolute Gasteiger partial charge is 0.324 e. The van der Waals surface area contributed by atoms with Crippen LogP contribution in [-0.4, -0.2) is 0 Å². The molecule has 21 heavy (non-hydrogen) atoms. The molecule has 2 N–H and O–H groups in total. The van der Waals surface area contributed by atoms with Crippen LogP contribution < -0.4 is 5.73 Å². The highest BCUT2D eigenvalue weighted by Crippen LogP contribution is 2.43. The second-order valence-corrected chi connectivity index (χ2v) is 8.32. The highest BCUT2D eigenvalue weighted by Gasteiger charge is 2.32. The lowest BCUT2D eigenvalue weighted by Gasteiger charge is -2.39. The molecule has 2 rings (SSSR count). The molecule has 0 bridgehead atoms. The number of benzene rings is 1. The van der Waals surface area contributed by atoms with Gasteiger partial charge in [0.15, 0.2) is 0 Å². The van der Waals surface area contributed by atoms with E-state index < -0.39 is 0 Å². The monoisotopic (exact) mass is 287 g/mol. The smallest absolute Gasteiger partial charge is 0.0328 e. The fourth-order valence-electron chi connectivity index (χ4n) is 4.30. The van der Waals surface area contributed by atoms with E-state index in [1.807, 2.05) is 0 Å². The lowest BCUT2D eigenvalue weighted by Crippen LogP contribution is -2.31. The third kappa shape index (κ3) is 3.69. The minimum absolute atomic E-state index is 0.214. The molecular weight excluding hydrogens is 254 g/mol. The predicted octanol–water partition coefficient (Wildman–Crippen LogP) is 5.46. The van der Waals surface area contributed by atoms with Gasteiger partial charge in [-0.15, -0.1) is 0 Å². The Morgan fingerprint density at radius 3 is 1.86 bits per heavy atom. The Bertz CT molecular complexity index is 464. The molecule has 118 valence electrons. The van der Waals surface area contributed by atoms with Crippen LogP contribution in [0.2, 0.25) is 0 Å². The molecule has 1 heteroatoms. The lowest BCUT2D eigenvalue weighted by atomic mass is 9.67. The maximum Gasteiger partial charge on any atom is 0.0328 e. The molecule has 1 aromatic rings. The van der Waals surface area contributed by atoms with E-state index in [1.54, 1.807) is 0 Å². The van der Waals surface area contributed by atoms with Gasteiger partial charge < -0.3 is 5.73 Å². The summed E-state index contributed by atoms with van der Waals surface area (Å²) in [4.78, 5) is 0. The Morgan fingerprint density at radius 1 is 0.952 bits per heavy atom. The minimum atomic E-state index is 0.214. The molecule has 0 heterocycles. The van der Waals surface area contributed by atoms with Crippen LogP contribution in [0.15, 0.2) is 12.1 Å². The summed E-state index contributed by atoms with van der Waals surface area (Å²) in [6, 6.07) is 4.78. The molecule has 0 spiro atoms. The Hall–Kier alpha value is -0.820. The first kappa shape index (κ1) is 16.5. The molecule has 0 aromatic heterocycles. The molecule has 1 nitrogen and oxygen atoms in total. The average Bonchev–Trinajstić information content (AvgIpc) is 2.36. The molecular formula is C20H33N. The van der Waals surface area contributed by atoms with Crippen LogP contribution in [0.3, 0.4) is 0 Å². The van der Waals surface area contributed by atoms with Gasteiger partial charge in [-0.1, -0.05) is 38.5 Å². The van der Waals surface area contributed by atoms with E-state index in [1.165, 1.54) is 47.9 Å². The molecule has 1 aliphatic rings. The second-order valence-electron chi connectivity index (χ2n) is 8.32. The average molecular weight is 287 g/mol. The standard InChI is InChI=1S/C20H33N/c1-13-11-14(2)18(15(3)12-13)19(21)16-7-9-17(10-8-16)20(4,5)6/h11-12,16-17,19H,7-10,21H2,1-6H3. The molecule has 1 saturated carbocycles. The molecule has 0 radical (unpaired) electrons. The SMILES string of the molecule is Cc1cc(C)c(C(N)C2CCC(C(C)(C)C)CC2)c(C)c1. The third-order valence-corrected chi connectivity index (χ3v) is 5.58. The zero-order valence-corrected chi connectivity index (χ0v) is 14.8. The van der Waals surface area contributed by atoms with Crippen LogP contribution in [0.4, 0.5) is 0 Å². The Morgan fingerprint density at radius 2 is 1.43 bits per heavy atom. The van der Waals surface area contributed by atoms with Crippen molar-refractivity contribution >= 4 is 0 Å². The van der Waals surface area contributed by atoms with Crippen molar-refractivity contribution in [2.24, 2.45) is 23.0 Å². The maximum atomic E-state index is 6.68. The van der Waals surface area contributed by atoms with E-state index in [2.05, 4.69) is 53.7 Å². The first-order valence-corrected chi connectivity index (χ1v) is 8.53. The van der Waals surface area contributed by atoms with Gasteiger partial charge in [-0.25, -0.2) is 0 Å². The van der Waals surface area contributed by atoms with Gasteiger partial charge >= 0.3 is 0 Å². The summed E-state index contributed by atoms with van der Waals surface area (Å²) in [7, 11) is 0. The highest BCUT2D eigenvalue weighted by molar-refractivity contribution is 5.39. The number of nitrogens with two attached hydrogens (primary N) is 1. The van der Waals surface area contributed by atoms with Crippen molar-refractivity contribution in [2.75, 3.05) is 0 Å². The molecule has 1 atom stereocenters. The first-order chi connectivity index (χ1) is 9.70. The zero-order valence-electron chi connectivity index (χ0n) is 14.8.